The van der Waals surface area contributed by atoms with Crippen LogP contribution in [0.1, 0.15) is 45.9 Å². The van der Waals surface area contributed by atoms with Crippen molar-refractivity contribution in [3.63, 3.8) is 0 Å². The van der Waals surface area contributed by atoms with Gasteiger partial charge in [-0.05, 0) is 76.1 Å². The van der Waals surface area contributed by atoms with Crippen molar-refractivity contribution in [2.45, 2.75) is 52.5 Å². The number of likely N-dealkylation sites (tertiary alicyclic amines) is 1. The van der Waals surface area contributed by atoms with Gasteiger partial charge in [0.05, 0.1) is 12.6 Å². The SMILES string of the molecule is COc1ccc2[nH]c(C[C@@H]3C[C@@H](C(C)C)[C@H](CNC4CCN(C)CC4)C=C3C)nc2n1. The van der Waals surface area contributed by atoms with Crippen molar-refractivity contribution in [3.05, 3.63) is 29.6 Å². The quantitative estimate of drug-likeness (QED) is 0.655. The van der Waals surface area contributed by atoms with Gasteiger partial charge in [0.1, 0.15) is 5.82 Å². The van der Waals surface area contributed by atoms with Gasteiger partial charge >= 0.3 is 0 Å². The van der Waals surface area contributed by atoms with E-state index in [-0.39, 0.29) is 0 Å². The maximum Gasteiger partial charge on any atom is 0.215 e. The number of ether oxygens (including phenoxy) is 1. The molecule has 0 aromatic carbocycles. The lowest BCUT2D eigenvalue weighted by Gasteiger charge is -2.38. The summed E-state index contributed by atoms with van der Waals surface area (Å²) in [6.45, 7) is 10.6. The number of hydrogen-bond acceptors (Lipinski definition) is 5. The molecule has 4 rings (SSSR count). The molecule has 2 N–H and O–H groups in total. The Hall–Kier alpha value is -1.92. The fraction of sp³-hybridized carbons (Fsp3) is 0.680. The van der Waals surface area contributed by atoms with Crippen LogP contribution in [0.2, 0.25) is 0 Å². The molecule has 6 heteroatoms. The Bertz CT molecular complexity index is 896. The predicted octanol–water partition coefficient (Wildman–Crippen LogP) is 4.05. The summed E-state index contributed by atoms with van der Waals surface area (Å²) in [5.41, 5.74) is 3.24. The standard InChI is InChI=1S/C25H39N5O/c1-16(2)21-13-18(14-23-27-22-6-7-24(31-5)29-25(22)28-23)17(3)12-19(21)15-26-20-8-10-30(4)11-9-20/h6-7,12,16,18-21,26H,8-11,13-15H2,1-5H3,(H,27,28,29)/t18-,19-,21-/m0/s1. The fourth-order valence-corrected chi connectivity index (χ4v) is 5.39. The molecule has 0 radical (unpaired) electrons. The van der Waals surface area contributed by atoms with E-state index in [9.17, 15) is 0 Å². The molecule has 0 saturated carbocycles. The monoisotopic (exact) mass is 425 g/mol. The molecule has 0 unspecified atom stereocenters. The van der Waals surface area contributed by atoms with Crippen LogP contribution in [0.5, 0.6) is 5.88 Å². The van der Waals surface area contributed by atoms with Crippen LogP contribution >= 0.6 is 0 Å². The molecule has 1 aliphatic heterocycles. The number of methoxy groups -OCH3 is 1. The Morgan fingerprint density at radius 2 is 2.00 bits per heavy atom. The van der Waals surface area contributed by atoms with E-state index >= 15 is 0 Å². The summed E-state index contributed by atoms with van der Waals surface area (Å²) in [6, 6.07) is 4.56. The summed E-state index contributed by atoms with van der Waals surface area (Å²) in [4.78, 5) is 15.1. The highest BCUT2D eigenvalue weighted by molar-refractivity contribution is 5.71. The molecule has 0 spiro atoms. The summed E-state index contributed by atoms with van der Waals surface area (Å²) in [5, 5.41) is 3.90. The first-order chi connectivity index (χ1) is 14.9. The summed E-state index contributed by atoms with van der Waals surface area (Å²) in [5.74, 6) is 4.18. The molecular weight excluding hydrogens is 386 g/mol. The van der Waals surface area contributed by atoms with E-state index in [2.05, 4.69) is 54.1 Å². The van der Waals surface area contributed by atoms with Crippen molar-refractivity contribution in [2.75, 3.05) is 33.8 Å². The molecule has 1 saturated heterocycles. The number of piperidine rings is 1. The molecule has 2 aromatic heterocycles. The zero-order valence-electron chi connectivity index (χ0n) is 19.8. The van der Waals surface area contributed by atoms with Gasteiger partial charge in [-0.15, -0.1) is 0 Å². The molecular formula is C25H39N5O. The second-order valence-electron chi connectivity index (χ2n) is 10.0. The smallest absolute Gasteiger partial charge is 0.215 e. The van der Waals surface area contributed by atoms with Gasteiger partial charge in [-0.3, -0.25) is 0 Å². The van der Waals surface area contributed by atoms with Gasteiger partial charge in [-0.1, -0.05) is 25.5 Å². The van der Waals surface area contributed by atoms with Crippen LogP contribution < -0.4 is 10.1 Å². The molecule has 1 aliphatic carbocycles. The highest BCUT2D eigenvalue weighted by Crippen LogP contribution is 2.38. The van der Waals surface area contributed by atoms with Gasteiger partial charge in [-0.2, -0.15) is 4.98 Å². The number of pyridine rings is 1. The number of nitrogens with zero attached hydrogens (tertiary/aromatic N) is 3. The molecule has 2 aromatic rings. The van der Waals surface area contributed by atoms with E-state index in [1.807, 2.05) is 12.1 Å². The number of nitrogens with one attached hydrogen (secondary N) is 2. The Balaban J connectivity index is 1.43. The average Bonchev–Trinajstić information content (AvgIpc) is 3.16. The van der Waals surface area contributed by atoms with E-state index in [4.69, 9.17) is 9.72 Å². The number of rotatable bonds is 7. The zero-order chi connectivity index (χ0) is 22.0. The van der Waals surface area contributed by atoms with Crippen LogP contribution in [0.25, 0.3) is 11.2 Å². The molecule has 6 nitrogen and oxygen atoms in total. The Morgan fingerprint density at radius 1 is 1.23 bits per heavy atom. The Kier molecular flexibility index (Phi) is 6.97. The first kappa shape index (κ1) is 22.3. The minimum Gasteiger partial charge on any atom is -0.481 e. The van der Waals surface area contributed by atoms with Crippen molar-refractivity contribution in [1.29, 1.82) is 0 Å². The maximum absolute atomic E-state index is 5.24. The summed E-state index contributed by atoms with van der Waals surface area (Å²) >= 11 is 0. The third kappa shape index (κ3) is 5.29. The normalized spacial score (nSPS) is 25.9. The third-order valence-corrected chi connectivity index (χ3v) is 7.46. The van der Waals surface area contributed by atoms with Crippen LogP contribution in [0.4, 0.5) is 0 Å². The van der Waals surface area contributed by atoms with Gasteiger partial charge in [0.15, 0.2) is 5.65 Å². The number of hydrogen-bond donors (Lipinski definition) is 2. The van der Waals surface area contributed by atoms with Crippen LogP contribution in [-0.2, 0) is 6.42 Å². The number of fused-ring (bicyclic) bond motifs is 1. The van der Waals surface area contributed by atoms with Crippen LogP contribution in [-0.4, -0.2) is 59.7 Å². The highest BCUT2D eigenvalue weighted by atomic mass is 16.5. The van der Waals surface area contributed by atoms with Crippen LogP contribution in [0, 0.1) is 23.7 Å². The Morgan fingerprint density at radius 3 is 2.71 bits per heavy atom. The Labute approximate surface area is 186 Å². The lowest BCUT2D eigenvalue weighted by Crippen LogP contribution is -2.44. The van der Waals surface area contributed by atoms with Crippen LogP contribution in [0.3, 0.4) is 0 Å². The minimum absolute atomic E-state index is 0.537. The van der Waals surface area contributed by atoms with E-state index in [1.165, 1.54) is 37.9 Å². The third-order valence-electron chi connectivity index (χ3n) is 7.46. The van der Waals surface area contributed by atoms with Gasteiger partial charge in [0.25, 0.3) is 0 Å². The number of aromatic nitrogens is 3. The van der Waals surface area contributed by atoms with E-state index in [1.54, 1.807) is 7.11 Å². The molecule has 3 atom stereocenters. The molecule has 31 heavy (non-hydrogen) atoms. The summed E-state index contributed by atoms with van der Waals surface area (Å²) < 4.78 is 5.24. The summed E-state index contributed by atoms with van der Waals surface area (Å²) in [7, 11) is 3.87. The number of H-pyrrole nitrogens is 1. The van der Waals surface area contributed by atoms with Crippen LogP contribution in [0.15, 0.2) is 23.8 Å². The van der Waals surface area contributed by atoms with E-state index in [0.717, 1.165) is 30.0 Å². The second kappa shape index (κ2) is 9.70. The molecule has 0 amide bonds. The van der Waals surface area contributed by atoms with Gasteiger partial charge < -0.3 is 19.9 Å². The summed E-state index contributed by atoms with van der Waals surface area (Å²) in [6.07, 6.45) is 7.27. The minimum atomic E-state index is 0.537. The lowest BCUT2D eigenvalue weighted by atomic mass is 9.69. The molecule has 3 heterocycles. The molecule has 0 bridgehead atoms. The van der Waals surface area contributed by atoms with Crippen molar-refractivity contribution in [1.82, 2.24) is 25.2 Å². The first-order valence-corrected chi connectivity index (χ1v) is 11.9. The first-order valence-electron chi connectivity index (χ1n) is 11.9. The number of allylic oxidation sites excluding steroid dienone is 1. The average molecular weight is 426 g/mol. The molecule has 2 aliphatic rings. The highest BCUT2D eigenvalue weighted by Gasteiger charge is 2.32. The zero-order valence-corrected chi connectivity index (χ0v) is 19.8. The number of aromatic amines is 1. The second-order valence-corrected chi connectivity index (χ2v) is 10.0. The molecule has 170 valence electrons. The van der Waals surface area contributed by atoms with Crippen molar-refractivity contribution in [3.8, 4) is 5.88 Å². The maximum atomic E-state index is 5.24. The fourth-order valence-electron chi connectivity index (χ4n) is 5.39. The predicted molar refractivity (Wildman–Crippen MR) is 126 cm³/mol. The van der Waals surface area contributed by atoms with Gasteiger partial charge in [-0.25, -0.2) is 4.98 Å². The molecule has 1 fully saturated rings. The largest absolute Gasteiger partial charge is 0.481 e. The lowest BCUT2D eigenvalue weighted by molar-refractivity contribution is 0.197. The van der Waals surface area contributed by atoms with Gasteiger partial charge in [0.2, 0.25) is 5.88 Å². The van der Waals surface area contributed by atoms with E-state index in [0.29, 0.717) is 35.6 Å². The topological polar surface area (TPSA) is 66.1 Å². The van der Waals surface area contributed by atoms with Gasteiger partial charge in [0, 0.05) is 25.1 Å². The number of imidazole rings is 1. The van der Waals surface area contributed by atoms with Crippen molar-refractivity contribution in [2.24, 2.45) is 23.7 Å². The van der Waals surface area contributed by atoms with Crippen molar-refractivity contribution >= 4 is 11.2 Å². The van der Waals surface area contributed by atoms with Crippen molar-refractivity contribution < 1.29 is 4.74 Å². The van der Waals surface area contributed by atoms with E-state index < -0.39 is 0 Å².